The minimum atomic E-state index is -4.47. The highest BCUT2D eigenvalue weighted by molar-refractivity contribution is 7.15. The number of nitrogens with zero attached hydrogens (tertiary/aromatic N) is 2. The van der Waals surface area contributed by atoms with Crippen molar-refractivity contribution in [3.63, 3.8) is 0 Å². The van der Waals surface area contributed by atoms with E-state index in [1.165, 1.54) is 23.2 Å². The number of hydrogen-bond donors (Lipinski definition) is 1. The third kappa shape index (κ3) is 5.79. The van der Waals surface area contributed by atoms with E-state index in [0.29, 0.717) is 12.2 Å². The predicted molar refractivity (Wildman–Crippen MR) is 137 cm³/mol. The first-order chi connectivity index (χ1) is 17.6. The molecule has 4 rings (SSSR count). The van der Waals surface area contributed by atoms with Gasteiger partial charge in [-0.25, -0.2) is 10.2 Å². The van der Waals surface area contributed by atoms with Crippen LogP contribution in [0.1, 0.15) is 68.6 Å². The number of alkyl halides is 3. The fraction of sp³-hybridized carbons (Fsp3) is 0.370. The lowest BCUT2D eigenvalue weighted by Crippen LogP contribution is -2.20. The fourth-order valence-electron chi connectivity index (χ4n) is 4.61. The van der Waals surface area contributed by atoms with Crippen LogP contribution in [0.2, 0.25) is 0 Å². The number of ether oxygens (including phenoxy) is 1. The maximum Gasteiger partial charge on any atom is 0.416 e. The van der Waals surface area contributed by atoms with Crippen LogP contribution in [0.15, 0.2) is 35.4 Å². The number of fused-ring (bicyclic) bond motifs is 1. The molecule has 1 aliphatic rings. The van der Waals surface area contributed by atoms with E-state index in [9.17, 15) is 22.8 Å². The molecule has 0 atom stereocenters. The number of hydrazone groups is 1. The van der Waals surface area contributed by atoms with Gasteiger partial charge in [-0.2, -0.15) is 18.3 Å². The summed E-state index contributed by atoms with van der Waals surface area (Å²) in [6.45, 7) is 5.93. The molecule has 0 spiro atoms. The topological polar surface area (TPSA) is 72.7 Å². The number of rotatable bonds is 7. The summed E-state index contributed by atoms with van der Waals surface area (Å²) in [5, 5.41) is 4.85. The van der Waals surface area contributed by atoms with Crippen molar-refractivity contribution in [3.05, 3.63) is 74.4 Å². The summed E-state index contributed by atoms with van der Waals surface area (Å²) in [6.07, 6.45) is 0.727. The third-order valence-electron chi connectivity index (χ3n) is 6.32. The number of carbonyl (C=O) groups is 2. The molecule has 0 radical (unpaired) electrons. The number of aryl methyl sites for hydroxylation is 2. The number of thiophene rings is 1. The Hall–Kier alpha value is -3.40. The first-order valence-corrected chi connectivity index (χ1v) is 12.9. The average Bonchev–Trinajstić information content (AvgIpc) is 3.35. The van der Waals surface area contributed by atoms with Crippen LogP contribution in [0.4, 0.5) is 13.2 Å². The molecular formula is C27H28F3N3O3S. The molecule has 1 aliphatic carbocycles. The molecule has 196 valence electrons. The molecule has 0 bridgehead atoms. The molecule has 0 saturated heterocycles. The molecule has 0 unspecified atom stereocenters. The SMILES string of the molecule is CCOC(=O)c1c(-n2c(C)cc(/C=N\NC(=O)Cc3cccc(C(F)(F)F)c3)c2C)sc2c1CCCC2. The number of halogens is 3. The first-order valence-electron chi connectivity index (χ1n) is 12.1. The van der Waals surface area contributed by atoms with Gasteiger partial charge in [0, 0.05) is 21.8 Å². The second-order valence-electron chi connectivity index (χ2n) is 8.94. The Morgan fingerprint density at radius 1 is 1.19 bits per heavy atom. The van der Waals surface area contributed by atoms with E-state index in [2.05, 4.69) is 10.5 Å². The van der Waals surface area contributed by atoms with Gasteiger partial charge >= 0.3 is 12.1 Å². The molecule has 10 heteroatoms. The highest BCUT2D eigenvalue weighted by atomic mass is 32.1. The Kier molecular flexibility index (Phi) is 7.87. The lowest BCUT2D eigenvalue weighted by molar-refractivity contribution is -0.137. The van der Waals surface area contributed by atoms with Gasteiger partial charge < -0.3 is 9.30 Å². The van der Waals surface area contributed by atoms with E-state index in [4.69, 9.17) is 4.74 Å². The number of hydrogen-bond acceptors (Lipinski definition) is 5. The molecule has 3 aromatic rings. The van der Waals surface area contributed by atoms with E-state index < -0.39 is 17.6 Å². The molecule has 2 aromatic heterocycles. The molecule has 1 amide bonds. The van der Waals surface area contributed by atoms with Gasteiger partial charge in [-0.05, 0) is 69.7 Å². The van der Waals surface area contributed by atoms with E-state index in [1.54, 1.807) is 18.3 Å². The van der Waals surface area contributed by atoms with Crippen molar-refractivity contribution in [2.24, 2.45) is 5.10 Å². The molecule has 2 heterocycles. The van der Waals surface area contributed by atoms with Gasteiger partial charge in [0.05, 0.1) is 30.4 Å². The summed E-state index contributed by atoms with van der Waals surface area (Å²) in [7, 11) is 0. The maximum atomic E-state index is 12.9. The molecule has 6 nitrogen and oxygen atoms in total. The summed E-state index contributed by atoms with van der Waals surface area (Å²) in [5.41, 5.74) is 6.03. The van der Waals surface area contributed by atoms with Gasteiger partial charge in [-0.15, -0.1) is 11.3 Å². The van der Waals surface area contributed by atoms with Gasteiger partial charge in [0.25, 0.3) is 0 Å². The largest absolute Gasteiger partial charge is 0.462 e. The van der Waals surface area contributed by atoms with Crippen LogP contribution in [0, 0.1) is 13.8 Å². The normalized spacial score (nSPS) is 13.6. The van der Waals surface area contributed by atoms with Crippen molar-refractivity contribution in [1.29, 1.82) is 0 Å². The molecule has 37 heavy (non-hydrogen) atoms. The first kappa shape index (κ1) is 26.7. The van der Waals surface area contributed by atoms with Crippen LogP contribution < -0.4 is 5.43 Å². The second kappa shape index (κ2) is 10.9. The zero-order chi connectivity index (χ0) is 26.7. The van der Waals surface area contributed by atoms with Crippen LogP contribution in [0.25, 0.3) is 5.00 Å². The average molecular weight is 532 g/mol. The zero-order valence-corrected chi connectivity index (χ0v) is 21.7. The standard InChI is InChI=1S/C27H28F3N3O3S/c1-4-36-26(35)24-21-10-5-6-11-22(21)37-25(24)33-16(2)12-19(17(33)3)15-31-32-23(34)14-18-8-7-9-20(13-18)27(28,29)30/h7-9,12-13,15H,4-6,10-11,14H2,1-3H3,(H,32,34)/b31-15-. The number of esters is 1. The van der Waals surface area contributed by atoms with E-state index in [1.807, 2.05) is 24.5 Å². The van der Waals surface area contributed by atoms with Crippen molar-refractivity contribution in [3.8, 4) is 5.00 Å². The van der Waals surface area contributed by atoms with Gasteiger partial charge in [-0.3, -0.25) is 4.79 Å². The Balaban J connectivity index is 1.54. The fourth-order valence-corrected chi connectivity index (χ4v) is 6.10. The second-order valence-corrected chi connectivity index (χ2v) is 10.0. The van der Waals surface area contributed by atoms with Crippen LogP contribution in [0.5, 0.6) is 0 Å². The van der Waals surface area contributed by atoms with Crippen molar-refractivity contribution >= 4 is 29.4 Å². The highest BCUT2D eigenvalue weighted by Crippen LogP contribution is 2.39. The van der Waals surface area contributed by atoms with Gasteiger partial charge in [0.15, 0.2) is 0 Å². The number of aromatic nitrogens is 1. The predicted octanol–water partition coefficient (Wildman–Crippen LogP) is 5.92. The number of amides is 1. The lowest BCUT2D eigenvalue weighted by atomic mass is 9.95. The highest BCUT2D eigenvalue weighted by Gasteiger charge is 2.31. The van der Waals surface area contributed by atoms with Crippen molar-refractivity contribution < 1.29 is 27.5 Å². The Morgan fingerprint density at radius 3 is 2.68 bits per heavy atom. The number of benzene rings is 1. The number of nitrogens with one attached hydrogen (secondary N) is 1. The van der Waals surface area contributed by atoms with Crippen LogP contribution in [-0.2, 0) is 35.0 Å². The number of carbonyl (C=O) groups excluding carboxylic acids is 2. The van der Waals surface area contributed by atoms with Crippen LogP contribution in [0.3, 0.4) is 0 Å². The summed E-state index contributed by atoms with van der Waals surface area (Å²) >= 11 is 1.61. The molecule has 1 aromatic carbocycles. The summed E-state index contributed by atoms with van der Waals surface area (Å²) < 4.78 is 46.1. The molecule has 0 saturated carbocycles. The molecule has 0 aliphatic heterocycles. The van der Waals surface area contributed by atoms with E-state index >= 15 is 0 Å². The van der Waals surface area contributed by atoms with Gasteiger partial charge in [-0.1, -0.05) is 18.2 Å². The monoisotopic (exact) mass is 531 g/mol. The van der Waals surface area contributed by atoms with Crippen LogP contribution in [-0.4, -0.2) is 29.3 Å². The lowest BCUT2D eigenvalue weighted by Gasteiger charge is -2.13. The quantitative estimate of drug-likeness (QED) is 0.234. The zero-order valence-electron chi connectivity index (χ0n) is 20.9. The Labute approximate surface area is 217 Å². The summed E-state index contributed by atoms with van der Waals surface area (Å²) in [6, 6.07) is 6.57. The minimum Gasteiger partial charge on any atom is -0.462 e. The van der Waals surface area contributed by atoms with Crippen molar-refractivity contribution in [2.45, 2.75) is 59.1 Å². The van der Waals surface area contributed by atoms with E-state index in [-0.39, 0.29) is 18.0 Å². The van der Waals surface area contributed by atoms with Crippen molar-refractivity contribution in [2.75, 3.05) is 6.61 Å². The third-order valence-corrected chi connectivity index (χ3v) is 7.59. The maximum absolute atomic E-state index is 12.9. The summed E-state index contributed by atoms with van der Waals surface area (Å²) in [5.74, 6) is -0.846. The Bertz CT molecular complexity index is 1350. The van der Waals surface area contributed by atoms with E-state index in [0.717, 1.165) is 65.3 Å². The molecule has 1 N–H and O–H groups in total. The van der Waals surface area contributed by atoms with Gasteiger partial charge in [0.1, 0.15) is 5.00 Å². The molecule has 0 fully saturated rings. The van der Waals surface area contributed by atoms with Gasteiger partial charge in [0.2, 0.25) is 5.91 Å². The van der Waals surface area contributed by atoms with Crippen molar-refractivity contribution in [1.82, 2.24) is 9.99 Å². The van der Waals surface area contributed by atoms with Crippen LogP contribution >= 0.6 is 11.3 Å². The molecular weight excluding hydrogens is 503 g/mol. The Morgan fingerprint density at radius 2 is 1.95 bits per heavy atom. The minimum absolute atomic E-state index is 0.232. The summed E-state index contributed by atoms with van der Waals surface area (Å²) in [4.78, 5) is 26.4. The smallest absolute Gasteiger partial charge is 0.416 e.